The number of fused-ring (bicyclic) bond motifs is 3. The maximum atomic E-state index is 15.5. The number of carbonyl (C=O) groups excluding carboxylic acids is 12. The Morgan fingerprint density at radius 2 is 1.04 bits per heavy atom. The molecule has 3 aliphatic carbocycles. The topological polar surface area (TPSA) is 530 Å². The Morgan fingerprint density at radius 3 is 1.60 bits per heavy atom. The lowest BCUT2D eigenvalue weighted by molar-refractivity contribution is -0.139. The van der Waals surface area contributed by atoms with Crippen molar-refractivity contribution in [3.8, 4) is 0 Å². The molecule has 12 amide bonds. The number of amides is 12. The van der Waals surface area contributed by atoms with E-state index in [0.29, 0.717) is 120 Å². The van der Waals surface area contributed by atoms with E-state index in [1.807, 2.05) is 24.3 Å². The summed E-state index contributed by atoms with van der Waals surface area (Å²) in [7, 11) is 0. The van der Waals surface area contributed by atoms with Crippen molar-refractivity contribution < 1.29 is 87.9 Å². The van der Waals surface area contributed by atoms with Crippen LogP contribution in [0, 0.1) is 35.0 Å². The summed E-state index contributed by atoms with van der Waals surface area (Å²) >= 11 is 2.74. The standard InChI is InChI=1S/C80H130N16O18S2/c1-7-13-55-71(106)94-65(44(3)98)77(112)92-61(68(81)104)41-116-40-48-15-11-14-47(32-48)39-115-31-29-62(101)93-67(80(4,5)6)79(114)91-58(34-46-21-25-53(100)26-22-46)73(108)89-60(36-51-38-82-42-85-51)75(110)95-64(43(2)97)76(111)90-59(35-50-37-84-69-54(50)18-12-30-83-69)74(109)96-66(49-16-9-8-10-17-49)78(113)87-56(27-28-63(102)103)70(105)88-57(72(107)86-55)33-45-19-23-52(99)24-20-45/h11,14-15,32,43-46,49-61,64-67,69,82-85,97-100H,7-10,12-13,16-31,33-42H2,1-6H3,(H2,81,104)(H,86,107)(H,87,113)(H,88,105)(H,89,108)(H,90,111)(H,91,114)(H,92,112)(H,93,101)(H,94,106)(H,95,110)(H,96,109)(H,102,103)/t43-,44-,45?,46?,50?,51?,52?,53?,54?,55+,56+,57+,58+,59+,60+,61+,64+,65+,66+,67-,69?/m1/s1. The van der Waals surface area contributed by atoms with Gasteiger partial charge in [-0.15, -0.1) is 0 Å². The molecule has 8 rings (SSSR count). The molecule has 36 heteroatoms. The number of nitrogens with two attached hydrogens (primary N) is 1. The van der Waals surface area contributed by atoms with Crippen molar-refractivity contribution in [3.63, 3.8) is 0 Å². The van der Waals surface area contributed by atoms with Crippen LogP contribution in [-0.2, 0) is 73.8 Å². The van der Waals surface area contributed by atoms with Crippen molar-refractivity contribution in [2.45, 2.75) is 310 Å². The average molecular weight is 1670 g/mol. The summed E-state index contributed by atoms with van der Waals surface area (Å²) in [5, 5.41) is 97.7. The van der Waals surface area contributed by atoms with Crippen LogP contribution in [0.2, 0.25) is 0 Å². The molecule has 17 atom stereocenters. The zero-order valence-electron chi connectivity index (χ0n) is 68.1. The van der Waals surface area contributed by atoms with Crippen LogP contribution in [0.4, 0.5) is 0 Å². The number of thioether (sulfide) groups is 2. The number of carboxylic acids is 1. The van der Waals surface area contributed by atoms with E-state index in [4.69, 9.17) is 5.73 Å². The molecule has 2 bridgehead atoms. The van der Waals surface area contributed by atoms with Gasteiger partial charge in [-0.3, -0.25) is 62.3 Å². The number of nitrogens with one attached hydrogen (secondary N) is 15. The summed E-state index contributed by atoms with van der Waals surface area (Å²) < 4.78 is 0. The molecular weight excluding hydrogens is 1540 g/mol. The van der Waals surface area contributed by atoms with Gasteiger partial charge in [0.15, 0.2) is 0 Å². The van der Waals surface area contributed by atoms with Gasteiger partial charge in [0.05, 0.1) is 30.6 Å². The van der Waals surface area contributed by atoms with E-state index >= 15 is 28.8 Å². The maximum absolute atomic E-state index is 15.5. The second kappa shape index (κ2) is 46.3. The Hall–Kier alpha value is -7.29. The first-order valence-electron chi connectivity index (χ1n) is 41.9. The lowest BCUT2D eigenvalue weighted by atomic mass is 9.82. The summed E-state index contributed by atoms with van der Waals surface area (Å²) in [4.78, 5) is 189. The fourth-order valence-corrected chi connectivity index (χ4v) is 18.8. The van der Waals surface area contributed by atoms with Gasteiger partial charge in [0.2, 0.25) is 70.9 Å². The normalized spacial score (nSPS) is 32.9. The van der Waals surface area contributed by atoms with Gasteiger partial charge in [-0.05, 0) is 189 Å². The van der Waals surface area contributed by atoms with Crippen LogP contribution in [0.15, 0.2) is 24.3 Å². The smallest absolute Gasteiger partial charge is 0.303 e. The first-order valence-corrected chi connectivity index (χ1v) is 44.2. The first-order chi connectivity index (χ1) is 55.2. The highest BCUT2D eigenvalue weighted by Gasteiger charge is 2.45. The number of aliphatic carboxylic acids is 1. The number of benzene rings is 1. The quantitative estimate of drug-likeness (QED) is 0.0904. The van der Waals surface area contributed by atoms with Gasteiger partial charge in [0.1, 0.15) is 66.5 Å². The van der Waals surface area contributed by atoms with Gasteiger partial charge < -0.3 is 111 Å². The fraction of sp³-hybridized carbons (Fsp3) is 0.762. The van der Waals surface area contributed by atoms with Crippen molar-refractivity contribution in [1.82, 2.24) is 79.8 Å². The number of rotatable bonds is 17. The van der Waals surface area contributed by atoms with Gasteiger partial charge in [0, 0.05) is 55.1 Å². The van der Waals surface area contributed by atoms with E-state index in [1.54, 1.807) is 27.7 Å². The average Bonchev–Trinajstić information content (AvgIpc) is 1.54. The van der Waals surface area contributed by atoms with Crippen LogP contribution in [-0.4, -0.2) is 243 Å². The number of hydrogen-bond acceptors (Lipinski definition) is 23. The first kappa shape index (κ1) is 94.2. The maximum Gasteiger partial charge on any atom is 0.303 e. The highest BCUT2D eigenvalue weighted by Crippen LogP contribution is 2.35. The van der Waals surface area contributed by atoms with Gasteiger partial charge in [-0.25, -0.2) is 0 Å². The molecule has 0 aromatic heterocycles. The van der Waals surface area contributed by atoms with E-state index in [-0.39, 0.29) is 74.1 Å². The predicted molar refractivity (Wildman–Crippen MR) is 435 cm³/mol. The number of piperidine rings is 1. The zero-order valence-corrected chi connectivity index (χ0v) is 69.7. The van der Waals surface area contributed by atoms with E-state index in [0.717, 1.165) is 36.9 Å². The molecule has 3 saturated carbocycles. The Kier molecular flexibility index (Phi) is 37.6. The Labute approximate surface area is 688 Å². The number of aliphatic hydroxyl groups is 4. The third-order valence-corrected chi connectivity index (χ3v) is 25.8. The molecule has 22 N–H and O–H groups in total. The lowest BCUT2D eigenvalue weighted by Crippen LogP contribution is -2.63. The monoisotopic (exact) mass is 1670 g/mol. The van der Waals surface area contributed by atoms with Gasteiger partial charge in [0.25, 0.3) is 0 Å². The second-order valence-electron chi connectivity index (χ2n) is 34.1. The Bertz CT molecular complexity index is 3480. The zero-order chi connectivity index (χ0) is 84.3. The van der Waals surface area contributed by atoms with Gasteiger partial charge in [-0.2, -0.15) is 23.5 Å². The molecule has 4 unspecified atom stereocenters. The van der Waals surface area contributed by atoms with Crippen molar-refractivity contribution in [3.05, 3.63) is 35.4 Å². The third-order valence-electron chi connectivity index (χ3n) is 23.7. The molecule has 7 aliphatic rings. The van der Waals surface area contributed by atoms with E-state index in [1.165, 1.54) is 37.4 Å². The van der Waals surface area contributed by atoms with Crippen LogP contribution in [0.1, 0.15) is 207 Å². The highest BCUT2D eigenvalue weighted by atomic mass is 32.2. The highest BCUT2D eigenvalue weighted by molar-refractivity contribution is 7.98. The minimum Gasteiger partial charge on any atom is -0.481 e. The van der Waals surface area contributed by atoms with E-state index < -0.39 is 198 Å². The van der Waals surface area contributed by atoms with Crippen LogP contribution < -0.4 is 85.5 Å². The molecular formula is C80H130N16O18S2. The second-order valence-corrected chi connectivity index (χ2v) is 36.3. The largest absolute Gasteiger partial charge is 0.481 e. The summed E-state index contributed by atoms with van der Waals surface area (Å²) in [5.41, 5.74) is 6.70. The van der Waals surface area contributed by atoms with Crippen LogP contribution >= 0.6 is 23.5 Å². The summed E-state index contributed by atoms with van der Waals surface area (Å²) in [6.45, 7) is 11.4. The molecule has 116 heavy (non-hydrogen) atoms. The van der Waals surface area contributed by atoms with Crippen molar-refractivity contribution in [2.24, 2.45) is 40.7 Å². The molecule has 1 aromatic carbocycles. The van der Waals surface area contributed by atoms with Gasteiger partial charge >= 0.3 is 5.97 Å². The minimum absolute atomic E-state index is 0.00577. The summed E-state index contributed by atoms with van der Waals surface area (Å²) in [5.74, 6) is -11.5. The number of carbonyl (C=O) groups is 13. The molecule has 3 saturated heterocycles. The number of aliphatic hydroxyl groups excluding tert-OH is 4. The third kappa shape index (κ3) is 29.6. The van der Waals surface area contributed by atoms with Crippen molar-refractivity contribution in [1.29, 1.82) is 0 Å². The van der Waals surface area contributed by atoms with E-state index in [2.05, 4.69) is 79.8 Å². The van der Waals surface area contributed by atoms with E-state index in [9.17, 15) is 59.1 Å². The molecule has 0 spiro atoms. The SMILES string of the molecule is CCC[C@@H]1NC(=O)[C@H](CC2CCC(O)CC2)NC(=O)[C@H](CCC(=O)O)NC(=O)[C@H](C2CCCCC2)NC(=O)[C@H](CC2CNC3NCCCC23)NC(=O)[C@H]([C@@H](C)O)NC(=O)[C@H](CC2CNCN2)NC(=O)[C@H](CC2CCC(O)CC2)NC(=O)[C@H](C(C)(C)C)NC(=O)CCSCc2cccc(c2)CSC[C@@H](C(N)=O)NC(=O)[C@H]([C@@H](C)O)NC1=O. The molecule has 4 aliphatic heterocycles. The number of primary amides is 1. The minimum atomic E-state index is -1.78. The Balaban J connectivity index is 1.13. The van der Waals surface area contributed by atoms with Gasteiger partial charge in [-0.1, -0.05) is 77.6 Å². The number of hydrogen-bond donors (Lipinski definition) is 21. The van der Waals surface area contributed by atoms with Crippen LogP contribution in [0.5, 0.6) is 0 Å². The summed E-state index contributed by atoms with van der Waals surface area (Å²) in [6.07, 6.45) is 2.72. The molecule has 0 radical (unpaired) electrons. The Morgan fingerprint density at radius 1 is 0.534 bits per heavy atom. The van der Waals surface area contributed by atoms with Crippen molar-refractivity contribution in [2.75, 3.05) is 37.8 Å². The predicted octanol–water partition coefficient (Wildman–Crippen LogP) is -0.846. The molecule has 1 aromatic rings. The fourth-order valence-electron chi connectivity index (χ4n) is 16.9. The molecule has 650 valence electrons. The summed E-state index contributed by atoms with van der Waals surface area (Å²) in [6, 6.07) is -8.82. The lowest BCUT2D eigenvalue weighted by Gasteiger charge is -2.35. The van der Waals surface area contributed by atoms with Crippen LogP contribution in [0.3, 0.4) is 0 Å². The van der Waals surface area contributed by atoms with Crippen molar-refractivity contribution >= 4 is 100 Å². The molecule has 4 heterocycles. The molecule has 6 fully saturated rings. The molecule has 34 nitrogen and oxygen atoms in total. The van der Waals surface area contributed by atoms with Crippen LogP contribution in [0.25, 0.3) is 0 Å². The number of carboxylic acid groups (broad SMARTS) is 1.